The van der Waals surface area contributed by atoms with Crippen molar-refractivity contribution in [3.05, 3.63) is 28.7 Å². The van der Waals surface area contributed by atoms with Crippen LogP contribution in [0.3, 0.4) is 0 Å². The summed E-state index contributed by atoms with van der Waals surface area (Å²) in [6, 6.07) is 7.31. The van der Waals surface area contributed by atoms with Crippen LogP contribution < -0.4 is 4.74 Å². The average Bonchev–Trinajstić information content (AvgIpc) is 2.03. The van der Waals surface area contributed by atoms with Gasteiger partial charge in [-0.25, -0.2) is 4.39 Å². The zero-order valence-corrected chi connectivity index (χ0v) is 8.34. The van der Waals surface area contributed by atoms with E-state index in [9.17, 15) is 4.39 Å². The van der Waals surface area contributed by atoms with Gasteiger partial charge in [0.05, 0.1) is 0 Å². The maximum Gasteiger partial charge on any atom is 0.131 e. The van der Waals surface area contributed by atoms with E-state index in [1.807, 2.05) is 12.1 Å². The molecule has 0 amide bonds. The normalized spacial score (nSPS) is 12.6. The molecule has 1 atom stereocenters. The number of alkyl halides is 1. The molecule has 0 aromatic heterocycles. The Hall–Kier alpha value is -0.570. The van der Waals surface area contributed by atoms with Crippen molar-refractivity contribution in [1.82, 2.24) is 0 Å². The highest BCUT2D eigenvalue weighted by atomic mass is 79.9. The smallest absolute Gasteiger partial charge is 0.131 e. The monoisotopic (exact) mass is 232 g/mol. The first-order chi connectivity index (χ1) is 5.68. The molecule has 0 aliphatic rings. The van der Waals surface area contributed by atoms with Crippen molar-refractivity contribution >= 4 is 15.9 Å². The maximum atomic E-state index is 12.3. The molecule has 0 fully saturated rings. The summed E-state index contributed by atoms with van der Waals surface area (Å²) in [6.07, 6.45) is -0.923. The molecule has 12 heavy (non-hydrogen) atoms. The summed E-state index contributed by atoms with van der Waals surface area (Å²) in [5.41, 5.74) is 0. The van der Waals surface area contributed by atoms with E-state index in [0.717, 1.165) is 4.47 Å². The molecular formula is C9H10BrFO. The second-order valence-corrected chi connectivity index (χ2v) is 3.46. The molecule has 0 unspecified atom stereocenters. The van der Waals surface area contributed by atoms with E-state index >= 15 is 0 Å². The van der Waals surface area contributed by atoms with Gasteiger partial charge in [0, 0.05) is 4.47 Å². The molecule has 0 radical (unpaired) electrons. The van der Waals surface area contributed by atoms with Gasteiger partial charge in [-0.15, -0.1) is 0 Å². The van der Waals surface area contributed by atoms with Crippen molar-refractivity contribution in [2.45, 2.75) is 13.1 Å². The predicted octanol–water partition coefficient (Wildman–Crippen LogP) is 3.19. The first-order valence-electron chi connectivity index (χ1n) is 3.71. The molecule has 0 aliphatic carbocycles. The molecule has 1 nitrogen and oxygen atoms in total. The van der Waals surface area contributed by atoms with Crippen LogP contribution in [0.2, 0.25) is 0 Å². The molecule has 0 heterocycles. The molecule has 66 valence electrons. The summed E-state index contributed by atoms with van der Waals surface area (Å²) < 4.78 is 18.4. The molecule has 3 heteroatoms. The van der Waals surface area contributed by atoms with Gasteiger partial charge in [0.25, 0.3) is 0 Å². The van der Waals surface area contributed by atoms with E-state index in [2.05, 4.69) is 15.9 Å². The molecule has 1 aromatic rings. The number of hydrogen-bond donors (Lipinski definition) is 0. The highest BCUT2D eigenvalue weighted by Crippen LogP contribution is 2.16. The number of benzene rings is 1. The van der Waals surface area contributed by atoms with Gasteiger partial charge >= 0.3 is 0 Å². The van der Waals surface area contributed by atoms with Crippen LogP contribution >= 0.6 is 15.9 Å². The Morgan fingerprint density at radius 1 is 1.42 bits per heavy atom. The van der Waals surface area contributed by atoms with E-state index in [4.69, 9.17) is 4.74 Å². The van der Waals surface area contributed by atoms with Crippen LogP contribution in [0.4, 0.5) is 4.39 Å². The zero-order valence-electron chi connectivity index (χ0n) is 6.76. The second kappa shape index (κ2) is 4.45. The van der Waals surface area contributed by atoms with E-state index in [0.29, 0.717) is 5.75 Å². The van der Waals surface area contributed by atoms with Gasteiger partial charge in [-0.05, 0) is 31.2 Å². The van der Waals surface area contributed by atoms with E-state index in [1.54, 1.807) is 12.1 Å². The van der Waals surface area contributed by atoms with E-state index < -0.39 is 6.17 Å². The number of hydrogen-bond acceptors (Lipinski definition) is 1. The number of rotatable bonds is 3. The summed E-state index contributed by atoms with van der Waals surface area (Å²) in [4.78, 5) is 0. The Labute approximate surface area is 79.7 Å². The third kappa shape index (κ3) is 3.22. The molecule has 0 bridgehead atoms. The molecule has 0 spiro atoms. The highest BCUT2D eigenvalue weighted by molar-refractivity contribution is 9.10. The van der Waals surface area contributed by atoms with Crippen LogP contribution in [0.1, 0.15) is 6.92 Å². The lowest BCUT2D eigenvalue weighted by molar-refractivity contribution is 0.210. The molecule has 0 aliphatic heterocycles. The minimum absolute atomic E-state index is 0.113. The fourth-order valence-electron chi connectivity index (χ4n) is 0.742. The molecule has 0 N–H and O–H groups in total. The zero-order chi connectivity index (χ0) is 8.97. The minimum Gasteiger partial charge on any atom is -0.491 e. The average molecular weight is 233 g/mol. The van der Waals surface area contributed by atoms with Crippen LogP contribution in [-0.4, -0.2) is 12.8 Å². The molecule has 1 aromatic carbocycles. The third-order valence-electron chi connectivity index (χ3n) is 1.29. The largest absolute Gasteiger partial charge is 0.491 e. The summed E-state index contributed by atoms with van der Waals surface area (Å²) in [6.45, 7) is 1.58. The van der Waals surface area contributed by atoms with Crippen molar-refractivity contribution in [3.8, 4) is 5.75 Å². The fraction of sp³-hybridized carbons (Fsp3) is 0.333. The first kappa shape index (κ1) is 9.52. The van der Waals surface area contributed by atoms with E-state index in [-0.39, 0.29) is 6.61 Å². The molecular weight excluding hydrogens is 223 g/mol. The van der Waals surface area contributed by atoms with E-state index in [1.165, 1.54) is 6.92 Å². The van der Waals surface area contributed by atoms with Gasteiger partial charge in [0.2, 0.25) is 0 Å². The summed E-state index contributed by atoms with van der Waals surface area (Å²) >= 11 is 3.30. The maximum absolute atomic E-state index is 12.3. The lowest BCUT2D eigenvalue weighted by Crippen LogP contribution is -2.07. The number of halogens is 2. The van der Waals surface area contributed by atoms with Crippen molar-refractivity contribution < 1.29 is 9.13 Å². The summed E-state index contributed by atoms with van der Waals surface area (Å²) in [7, 11) is 0. The minimum atomic E-state index is -0.923. The van der Waals surface area contributed by atoms with Crippen LogP contribution in [0.5, 0.6) is 5.75 Å². The topological polar surface area (TPSA) is 9.23 Å². The molecule has 1 rings (SSSR count). The number of ether oxygens (including phenoxy) is 1. The standard InChI is InChI=1S/C9H10BrFO/c1-7(11)6-12-9-4-2-8(10)3-5-9/h2-5,7H,6H2,1H3/t7-/m1/s1. The lowest BCUT2D eigenvalue weighted by atomic mass is 10.3. The Bertz CT molecular complexity index is 233. The van der Waals surface area contributed by atoms with Crippen molar-refractivity contribution in [2.75, 3.05) is 6.61 Å². The van der Waals surface area contributed by atoms with Crippen LogP contribution in [0, 0.1) is 0 Å². The molecule has 0 saturated heterocycles. The predicted molar refractivity (Wildman–Crippen MR) is 50.2 cm³/mol. The first-order valence-corrected chi connectivity index (χ1v) is 4.50. The van der Waals surface area contributed by atoms with Gasteiger partial charge in [0.15, 0.2) is 0 Å². The van der Waals surface area contributed by atoms with Gasteiger partial charge in [-0.2, -0.15) is 0 Å². The Balaban J connectivity index is 2.48. The Kier molecular flexibility index (Phi) is 3.53. The van der Waals surface area contributed by atoms with Crippen molar-refractivity contribution in [1.29, 1.82) is 0 Å². The SMILES string of the molecule is C[C@@H](F)COc1ccc(Br)cc1. The third-order valence-corrected chi connectivity index (χ3v) is 1.82. The highest BCUT2D eigenvalue weighted by Gasteiger charge is 1.98. The van der Waals surface area contributed by atoms with Crippen molar-refractivity contribution in [2.24, 2.45) is 0 Å². The van der Waals surface area contributed by atoms with Gasteiger partial charge in [0.1, 0.15) is 18.5 Å². The van der Waals surface area contributed by atoms with Gasteiger partial charge in [-0.1, -0.05) is 15.9 Å². The Morgan fingerprint density at radius 3 is 2.50 bits per heavy atom. The van der Waals surface area contributed by atoms with Crippen LogP contribution in [0.25, 0.3) is 0 Å². The Morgan fingerprint density at radius 2 is 2.00 bits per heavy atom. The van der Waals surface area contributed by atoms with Crippen molar-refractivity contribution in [3.63, 3.8) is 0 Å². The fourth-order valence-corrected chi connectivity index (χ4v) is 1.01. The summed E-state index contributed by atoms with van der Waals surface area (Å²) in [5.74, 6) is 0.697. The molecule has 0 saturated carbocycles. The van der Waals surface area contributed by atoms with Crippen LogP contribution in [0.15, 0.2) is 28.7 Å². The van der Waals surface area contributed by atoms with Gasteiger partial charge < -0.3 is 4.74 Å². The quantitative estimate of drug-likeness (QED) is 0.778. The lowest BCUT2D eigenvalue weighted by Gasteiger charge is -2.05. The van der Waals surface area contributed by atoms with Gasteiger partial charge in [-0.3, -0.25) is 0 Å². The second-order valence-electron chi connectivity index (χ2n) is 2.55. The van der Waals surface area contributed by atoms with Crippen LogP contribution in [-0.2, 0) is 0 Å². The summed E-state index contributed by atoms with van der Waals surface area (Å²) in [5, 5.41) is 0.